The quantitative estimate of drug-likeness (QED) is 0.125. The molecule has 0 saturated carbocycles. The summed E-state index contributed by atoms with van der Waals surface area (Å²) < 4.78 is 10.5. The van der Waals surface area contributed by atoms with E-state index in [-0.39, 0.29) is 26.4 Å². The summed E-state index contributed by atoms with van der Waals surface area (Å²) in [5.74, 6) is 3.88. The number of aromatic nitrogens is 5. The molecule has 1 radical (unpaired) electrons. The van der Waals surface area contributed by atoms with Crippen LogP contribution in [-0.2, 0) is 19.8 Å². The Kier molecular flexibility index (Phi) is 14.4. The first-order valence-electron chi connectivity index (χ1n) is 14.6. The van der Waals surface area contributed by atoms with Gasteiger partial charge in [-0.3, -0.25) is 19.9 Å². The third-order valence-corrected chi connectivity index (χ3v) is 6.52. The molecule has 0 aliphatic carbocycles. The Bertz CT molecular complexity index is 1750. The van der Waals surface area contributed by atoms with Gasteiger partial charge in [-0.25, -0.2) is 0 Å². The number of ether oxygens (including phenoxy) is 2. The first-order valence-corrected chi connectivity index (χ1v) is 14.6. The fourth-order valence-corrected chi connectivity index (χ4v) is 4.20. The molecule has 1 aromatic carbocycles. The molecule has 0 bridgehead atoms. The molecule has 0 aliphatic heterocycles. The van der Waals surface area contributed by atoms with Gasteiger partial charge in [0.15, 0.2) is 0 Å². The van der Waals surface area contributed by atoms with E-state index in [1.165, 1.54) is 22.3 Å². The Morgan fingerprint density at radius 3 is 1.40 bits per heavy atom. The molecule has 5 aromatic heterocycles. The molecule has 0 N–H and O–H groups in total. The van der Waals surface area contributed by atoms with Crippen LogP contribution in [0.1, 0.15) is 22.3 Å². The fourth-order valence-electron chi connectivity index (χ4n) is 4.20. The number of rotatable bonds is 6. The Morgan fingerprint density at radius 2 is 1.00 bits per heavy atom. The molecule has 6 rings (SSSR count). The van der Waals surface area contributed by atoms with Crippen LogP contribution in [0.5, 0.6) is 11.5 Å². The van der Waals surface area contributed by atoms with Crippen molar-refractivity contribution in [2.45, 2.75) is 27.7 Å². The minimum atomic E-state index is 0. The van der Waals surface area contributed by atoms with Crippen molar-refractivity contribution in [2.75, 3.05) is 13.7 Å². The summed E-state index contributed by atoms with van der Waals surface area (Å²) in [5.41, 5.74) is 10.2. The average molecular weight is 797 g/mol. The number of benzene rings is 1. The maximum Gasteiger partial charge on any atom is 1.00 e. The van der Waals surface area contributed by atoms with E-state index in [2.05, 4.69) is 64.6 Å². The third-order valence-electron chi connectivity index (χ3n) is 6.52. The van der Waals surface area contributed by atoms with E-state index in [0.29, 0.717) is 5.75 Å². The van der Waals surface area contributed by atoms with Gasteiger partial charge in [-0.05, 0) is 116 Å². The Hall–Kier alpha value is -5.23. The molecule has 0 spiro atoms. The normalized spacial score (nSPS) is 9.70. The van der Waals surface area contributed by atoms with Crippen LogP contribution in [0.4, 0.5) is 0 Å². The zero-order valence-corrected chi connectivity index (χ0v) is 29.6. The van der Waals surface area contributed by atoms with E-state index in [9.17, 15) is 0 Å². The van der Waals surface area contributed by atoms with Crippen LogP contribution in [0.25, 0.3) is 34.0 Å². The van der Waals surface area contributed by atoms with Crippen molar-refractivity contribution in [3.63, 3.8) is 0 Å². The Labute approximate surface area is 290 Å². The molecule has 0 amide bonds. The summed E-state index contributed by atoms with van der Waals surface area (Å²) in [6, 6.07) is 28.3. The summed E-state index contributed by atoms with van der Waals surface area (Å²) in [6.45, 7) is 8.47. The average Bonchev–Trinajstić information content (AvgIpc) is 3.08. The standard InChI is InChI=1S/C15H12NO2.2C12H12N2.Os/c1-3-9-18-14-6-4-5-12(10-14)15-11-13(17-2)7-8-16-15;2*1-9-3-5-13-11(7-9)12-8-10(2)4-6-14-12;/h1,4,6-8,10-11H,9H2,2H3;2*3-8H,1-2H3;/q-1;;;+1. The van der Waals surface area contributed by atoms with Gasteiger partial charge in [-0.1, -0.05) is 5.92 Å². The van der Waals surface area contributed by atoms with Gasteiger partial charge in [0.2, 0.25) is 0 Å². The van der Waals surface area contributed by atoms with Crippen LogP contribution in [0.15, 0.2) is 110 Å². The predicted molar refractivity (Wildman–Crippen MR) is 183 cm³/mol. The molecule has 0 aliphatic rings. The molecule has 47 heavy (non-hydrogen) atoms. The second kappa shape index (κ2) is 18.7. The van der Waals surface area contributed by atoms with Gasteiger partial charge < -0.3 is 14.5 Å². The van der Waals surface area contributed by atoms with E-state index in [1.807, 2.05) is 85.5 Å². The SMILES string of the molecule is C#CCOc1cc[c-]c(-c2cc(OC)ccn2)c1.Cc1ccnc(-c2cc(C)ccn2)c1.Cc1ccnc(-c2cc(C)ccn2)c1.[Os+]. The number of aryl methyl sites for hydroxylation is 4. The van der Waals surface area contributed by atoms with Gasteiger partial charge in [0.25, 0.3) is 0 Å². The summed E-state index contributed by atoms with van der Waals surface area (Å²) in [4.78, 5) is 21.4. The monoisotopic (exact) mass is 798 g/mol. The maximum absolute atomic E-state index is 5.36. The number of methoxy groups -OCH3 is 1. The van der Waals surface area contributed by atoms with Crippen LogP contribution in [-0.4, -0.2) is 38.6 Å². The summed E-state index contributed by atoms with van der Waals surface area (Å²) >= 11 is 0. The molecular formula is C39H36N5O2Os. The number of nitrogens with zero attached hydrogens (tertiary/aromatic N) is 5. The zero-order valence-electron chi connectivity index (χ0n) is 27.1. The van der Waals surface area contributed by atoms with Crippen LogP contribution < -0.4 is 9.47 Å². The van der Waals surface area contributed by atoms with E-state index in [0.717, 1.165) is 39.8 Å². The molecular weight excluding hydrogens is 761 g/mol. The number of hydrogen-bond acceptors (Lipinski definition) is 7. The van der Waals surface area contributed by atoms with Crippen molar-refractivity contribution in [2.24, 2.45) is 0 Å². The van der Waals surface area contributed by atoms with Gasteiger partial charge in [-0.15, -0.1) is 36.3 Å². The first-order chi connectivity index (χ1) is 22.3. The van der Waals surface area contributed by atoms with Crippen LogP contribution >= 0.6 is 0 Å². The number of terminal acetylenes is 1. The van der Waals surface area contributed by atoms with Gasteiger partial charge >= 0.3 is 19.8 Å². The molecule has 0 saturated heterocycles. The largest absolute Gasteiger partial charge is 1.00 e. The molecule has 0 atom stereocenters. The van der Waals surface area contributed by atoms with Crippen molar-refractivity contribution < 1.29 is 29.3 Å². The van der Waals surface area contributed by atoms with Crippen molar-refractivity contribution in [1.29, 1.82) is 0 Å². The van der Waals surface area contributed by atoms with E-state index in [4.69, 9.17) is 15.9 Å². The first kappa shape index (κ1) is 36.2. The smallest absolute Gasteiger partial charge is 0.500 e. The minimum absolute atomic E-state index is 0. The van der Waals surface area contributed by atoms with Gasteiger partial charge in [0.1, 0.15) is 12.4 Å². The summed E-state index contributed by atoms with van der Waals surface area (Å²) in [6.07, 6.45) is 14.1. The van der Waals surface area contributed by atoms with Gasteiger partial charge in [-0.2, -0.15) is 0 Å². The van der Waals surface area contributed by atoms with E-state index in [1.54, 1.807) is 31.5 Å². The molecule has 5 heterocycles. The minimum Gasteiger partial charge on any atom is -0.500 e. The number of pyridine rings is 5. The van der Waals surface area contributed by atoms with Crippen molar-refractivity contribution >= 4 is 0 Å². The third kappa shape index (κ3) is 11.6. The molecule has 6 aromatic rings. The number of hydrogen-bond donors (Lipinski definition) is 0. The van der Waals surface area contributed by atoms with Crippen molar-refractivity contribution in [3.8, 4) is 57.9 Å². The molecule has 237 valence electrons. The maximum atomic E-state index is 5.36. The second-order valence-corrected chi connectivity index (χ2v) is 10.4. The zero-order chi connectivity index (χ0) is 32.7. The molecule has 0 unspecified atom stereocenters. The van der Waals surface area contributed by atoms with Gasteiger partial charge in [0.05, 0.1) is 29.9 Å². The van der Waals surface area contributed by atoms with Crippen LogP contribution in [0.3, 0.4) is 0 Å². The summed E-state index contributed by atoms with van der Waals surface area (Å²) in [5, 5.41) is 0. The van der Waals surface area contributed by atoms with Gasteiger partial charge in [0, 0.05) is 36.7 Å². The van der Waals surface area contributed by atoms with Crippen LogP contribution in [0, 0.1) is 46.1 Å². The van der Waals surface area contributed by atoms with E-state index >= 15 is 0 Å². The second-order valence-electron chi connectivity index (χ2n) is 10.4. The Balaban J connectivity index is 0.000000192. The predicted octanol–water partition coefficient (Wildman–Crippen LogP) is 8.09. The van der Waals surface area contributed by atoms with Crippen molar-refractivity contribution in [3.05, 3.63) is 138 Å². The fraction of sp³-hybridized carbons (Fsp3) is 0.154. The molecule has 0 fully saturated rings. The van der Waals surface area contributed by atoms with Crippen molar-refractivity contribution in [1.82, 2.24) is 24.9 Å². The topological polar surface area (TPSA) is 82.9 Å². The Morgan fingerprint density at radius 1 is 0.574 bits per heavy atom. The molecule has 8 heteroatoms. The van der Waals surface area contributed by atoms with E-state index < -0.39 is 0 Å². The molecule has 7 nitrogen and oxygen atoms in total. The van der Waals surface area contributed by atoms with Crippen LogP contribution in [0.2, 0.25) is 0 Å². The summed E-state index contributed by atoms with van der Waals surface area (Å²) in [7, 11) is 1.62.